The number of amidine groups is 1. The molecule has 0 unspecified atom stereocenters. The van der Waals surface area contributed by atoms with Gasteiger partial charge in [0.15, 0.2) is 0 Å². The van der Waals surface area contributed by atoms with Crippen molar-refractivity contribution in [1.29, 1.82) is 0 Å². The molecular weight excluding hydrogens is 278 g/mol. The maximum atomic E-state index is 11.7. The number of carbonyl (C=O) groups excluding carboxylic acids is 1. The van der Waals surface area contributed by atoms with Gasteiger partial charge in [-0.3, -0.25) is 9.98 Å². The Morgan fingerprint density at radius 2 is 2.14 bits per heavy atom. The van der Waals surface area contributed by atoms with Crippen LogP contribution in [0.1, 0.15) is 27.9 Å². The molecule has 0 bridgehead atoms. The summed E-state index contributed by atoms with van der Waals surface area (Å²) in [6.07, 6.45) is 3.86. The normalized spacial score (nSPS) is 12.5. The number of hydrogen-bond acceptors (Lipinski definition) is 5. The molecule has 0 radical (unpaired) electrons. The minimum absolute atomic E-state index is 0.336. The molecule has 0 spiro atoms. The summed E-state index contributed by atoms with van der Waals surface area (Å²) in [6.45, 7) is 1.82. The topological polar surface area (TPSA) is 63.6 Å². The average Bonchev–Trinajstić information content (AvgIpc) is 2.98. The van der Waals surface area contributed by atoms with Gasteiger partial charge in [-0.05, 0) is 24.1 Å². The van der Waals surface area contributed by atoms with Crippen LogP contribution in [0.4, 0.5) is 0 Å². The van der Waals surface area contributed by atoms with Crippen LogP contribution in [0.15, 0.2) is 53.8 Å². The Kier molecular flexibility index (Phi) is 4.44. The first-order chi connectivity index (χ1) is 10.8. The Labute approximate surface area is 129 Å². The van der Waals surface area contributed by atoms with Crippen molar-refractivity contribution in [3.05, 3.63) is 65.5 Å². The van der Waals surface area contributed by atoms with Crippen molar-refractivity contribution in [2.45, 2.75) is 13.0 Å². The predicted octanol–water partition coefficient (Wildman–Crippen LogP) is 2.18. The minimum Gasteiger partial charge on any atom is -0.462 e. The fourth-order valence-electron chi connectivity index (χ4n) is 2.30. The van der Waals surface area contributed by atoms with Crippen LogP contribution in [-0.2, 0) is 11.3 Å². The minimum atomic E-state index is -0.336. The number of aliphatic imine (C=N–C) groups is 1. The van der Waals surface area contributed by atoms with Crippen molar-refractivity contribution in [3.8, 4) is 0 Å². The smallest absolute Gasteiger partial charge is 0.339 e. The van der Waals surface area contributed by atoms with Gasteiger partial charge in [0, 0.05) is 24.5 Å². The molecule has 1 aliphatic heterocycles. The lowest BCUT2D eigenvalue weighted by Crippen LogP contribution is -2.25. The van der Waals surface area contributed by atoms with Crippen molar-refractivity contribution in [1.82, 2.24) is 10.3 Å². The van der Waals surface area contributed by atoms with Crippen LogP contribution in [0.3, 0.4) is 0 Å². The summed E-state index contributed by atoms with van der Waals surface area (Å²) in [4.78, 5) is 20.1. The maximum Gasteiger partial charge on any atom is 0.339 e. The molecule has 0 amide bonds. The summed E-state index contributed by atoms with van der Waals surface area (Å²) >= 11 is 0. The second-order valence-electron chi connectivity index (χ2n) is 4.98. The van der Waals surface area contributed by atoms with E-state index in [1.165, 1.54) is 11.8 Å². The quantitative estimate of drug-likeness (QED) is 0.678. The third-order valence-corrected chi connectivity index (χ3v) is 3.42. The number of fused-ring (bicyclic) bond motifs is 1. The van der Waals surface area contributed by atoms with Gasteiger partial charge in [0.05, 0.1) is 18.7 Å². The third-order valence-electron chi connectivity index (χ3n) is 3.42. The number of benzene rings is 1. The van der Waals surface area contributed by atoms with Crippen molar-refractivity contribution in [2.75, 3.05) is 13.2 Å². The molecule has 1 aliphatic rings. The highest BCUT2D eigenvalue weighted by molar-refractivity contribution is 6.01. The number of rotatable bonds is 5. The molecule has 0 saturated carbocycles. The lowest BCUT2D eigenvalue weighted by Gasteiger charge is -2.08. The summed E-state index contributed by atoms with van der Waals surface area (Å²) < 4.78 is 5.20. The van der Waals surface area contributed by atoms with Gasteiger partial charge in [-0.15, -0.1) is 0 Å². The highest BCUT2D eigenvalue weighted by Gasteiger charge is 2.14. The predicted molar refractivity (Wildman–Crippen MR) is 83.8 cm³/mol. The summed E-state index contributed by atoms with van der Waals surface area (Å²) in [5.74, 6) is 0.589. The van der Waals surface area contributed by atoms with E-state index in [9.17, 15) is 4.79 Å². The zero-order valence-corrected chi connectivity index (χ0v) is 12.2. The average molecular weight is 295 g/mol. The molecule has 22 heavy (non-hydrogen) atoms. The maximum absolute atomic E-state index is 11.7. The van der Waals surface area contributed by atoms with Gasteiger partial charge in [0.1, 0.15) is 5.84 Å². The van der Waals surface area contributed by atoms with Gasteiger partial charge < -0.3 is 10.1 Å². The van der Waals surface area contributed by atoms with Gasteiger partial charge in [0.25, 0.3) is 0 Å². The number of nitrogens with zero attached hydrogens (tertiary/aromatic N) is 2. The summed E-state index contributed by atoms with van der Waals surface area (Å²) in [5, 5.41) is 3.30. The van der Waals surface area contributed by atoms with Crippen molar-refractivity contribution < 1.29 is 9.53 Å². The summed E-state index contributed by atoms with van der Waals surface area (Å²) in [6, 6.07) is 11.6. The largest absolute Gasteiger partial charge is 0.462 e. The molecule has 1 aromatic heterocycles. The van der Waals surface area contributed by atoms with Gasteiger partial charge in [-0.2, -0.15) is 0 Å². The van der Waals surface area contributed by atoms with E-state index in [1.54, 1.807) is 18.3 Å². The monoisotopic (exact) mass is 295 g/mol. The second-order valence-corrected chi connectivity index (χ2v) is 4.98. The lowest BCUT2D eigenvalue weighted by molar-refractivity contribution is 0.0501. The van der Waals surface area contributed by atoms with E-state index < -0.39 is 0 Å². The van der Waals surface area contributed by atoms with E-state index in [0.717, 1.165) is 24.4 Å². The van der Waals surface area contributed by atoms with Gasteiger partial charge in [0.2, 0.25) is 0 Å². The Balaban J connectivity index is 1.39. The number of esters is 1. The highest BCUT2D eigenvalue weighted by atomic mass is 16.5. The molecule has 0 fully saturated rings. The molecule has 1 N–H and O–H groups in total. The van der Waals surface area contributed by atoms with E-state index in [4.69, 9.17) is 4.74 Å². The Morgan fingerprint density at radius 3 is 3.00 bits per heavy atom. The number of carbonyl (C=O) groups is 1. The van der Waals surface area contributed by atoms with Crippen LogP contribution in [0.5, 0.6) is 0 Å². The van der Waals surface area contributed by atoms with Gasteiger partial charge >= 0.3 is 5.97 Å². The van der Waals surface area contributed by atoms with Crippen LogP contribution in [0, 0.1) is 0 Å². The van der Waals surface area contributed by atoms with Gasteiger partial charge in [-0.25, -0.2) is 4.79 Å². The molecule has 0 aliphatic carbocycles. The molecule has 3 rings (SSSR count). The van der Waals surface area contributed by atoms with Crippen LogP contribution in [0.2, 0.25) is 0 Å². The Bertz CT molecular complexity index is 683. The Hall–Kier alpha value is -2.69. The number of nitrogens with one attached hydrogen (secondary N) is 1. The van der Waals surface area contributed by atoms with E-state index in [2.05, 4.69) is 27.4 Å². The van der Waals surface area contributed by atoms with Crippen LogP contribution in [-0.4, -0.2) is 29.9 Å². The molecule has 2 heterocycles. The number of aromatic nitrogens is 1. The standard InChI is InChI=1S/C17H17N3O2/c21-17(14-6-3-8-18-11-14)22-10-4-9-19-16-15-7-2-1-5-13(15)12-20-16/h1-3,5-8,11H,4,9-10,12H2,(H,19,20). The fraction of sp³-hybridized carbons (Fsp3) is 0.235. The van der Waals surface area contributed by atoms with Gasteiger partial charge in [-0.1, -0.05) is 24.3 Å². The number of hydrogen-bond donors (Lipinski definition) is 1. The molecule has 5 heteroatoms. The first-order valence-electron chi connectivity index (χ1n) is 7.28. The SMILES string of the molecule is O=C(OCCCNC1=NCc2ccccc21)c1cccnc1. The lowest BCUT2D eigenvalue weighted by atomic mass is 10.1. The second kappa shape index (κ2) is 6.85. The highest BCUT2D eigenvalue weighted by Crippen LogP contribution is 2.16. The first-order valence-corrected chi connectivity index (χ1v) is 7.28. The molecule has 0 saturated heterocycles. The molecule has 1 aromatic carbocycles. The fourth-order valence-corrected chi connectivity index (χ4v) is 2.30. The van der Waals surface area contributed by atoms with Crippen LogP contribution >= 0.6 is 0 Å². The molecule has 0 atom stereocenters. The first kappa shape index (κ1) is 14.3. The van der Waals surface area contributed by atoms with Crippen LogP contribution < -0.4 is 5.32 Å². The zero-order valence-electron chi connectivity index (χ0n) is 12.2. The molecule has 112 valence electrons. The third kappa shape index (κ3) is 3.31. The van der Waals surface area contributed by atoms with E-state index in [1.807, 2.05) is 12.1 Å². The molecule has 2 aromatic rings. The van der Waals surface area contributed by atoms with E-state index in [0.29, 0.717) is 18.7 Å². The number of ether oxygens (including phenoxy) is 1. The van der Waals surface area contributed by atoms with Crippen molar-refractivity contribution in [3.63, 3.8) is 0 Å². The van der Waals surface area contributed by atoms with Crippen molar-refractivity contribution >= 4 is 11.8 Å². The zero-order chi connectivity index (χ0) is 15.2. The molecular formula is C17H17N3O2. The van der Waals surface area contributed by atoms with Crippen LogP contribution in [0.25, 0.3) is 0 Å². The summed E-state index contributed by atoms with van der Waals surface area (Å²) in [5.41, 5.74) is 2.88. The Morgan fingerprint density at radius 1 is 1.23 bits per heavy atom. The van der Waals surface area contributed by atoms with Crippen molar-refractivity contribution in [2.24, 2.45) is 4.99 Å². The number of pyridine rings is 1. The summed E-state index contributed by atoms with van der Waals surface area (Å²) in [7, 11) is 0. The van der Waals surface area contributed by atoms with E-state index >= 15 is 0 Å². The molecule has 5 nitrogen and oxygen atoms in total. The van der Waals surface area contributed by atoms with E-state index in [-0.39, 0.29) is 5.97 Å².